The zero-order valence-electron chi connectivity index (χ0n) is 65.1. The van der Waals surface area contributed by atoms with E-state index in [9.17, 15) is 20.4 Å². The first kappa shape index (κ1) is 73.4. The van der Waals surface area contributed by atoms with E-state index >= 15 is 0 Å². The molecule has 0 atom stereocenters. The highest BCUT2D eigenvalue weighted by Crippen LogP contribution is 2.48. The Balaban J connectivity index is 1.22. The number of ether oxygens (including phenoxy) is 4. The minimum Gasteiger partial charge on any atom is -0.507 e. The van der Waals surface area contributed by atoms with Crippen molar-refractivity contribution in [1.82, 2.24) is 0 Å². The van der Waals surface area contributed by atoms with Gasteiger partial charge in [0.1, 0.15) is 72.4 Å². The van der Waals surface area contributed by atoms with Gasteiger partial charge in [0.15, 0.2) is 0 Å². The van der Waals surface area contributed by atoms with Gasteiger partial charge in [-0.2, -0.15) is 0 Å². The van der Waals surface area contributed by atoms with Gasteiger partial charge in [-0.25, -0.2) is 0 Å². The van der Waals surface area contributed by atoms with E-state index in [0.29, 0.717) is 51.4 Å². The van der Waals surface area contributed by atoms with Gasteiger partial charge >= 0.3 is 0 Å². The largest absolute Gasteiger partial charge is 0.507 e. The van der Waals surface area contributed by atoms with Gasteiger partial charge in [-0.05, 0) is 177 Å². The molecule has 8 aromatic carbocycles. The maximum atomic E-state index is 12.9. The summed E-state index contributed by atoms with van der Waals surface area (Å²) in [5.74, 6) is 3.82. The molecule has 1 heterocycles. The van der Waals surface area contributed by atoms with Gasteiger partial charge in [0.2, 0.25) is 0 Å². The summed E-state index contributed by atoms with van der Waals surface area (Å²) in [6, 6.07) is 35.7. The van der Waals surface area contributed by atoms with Crippen LogP contribution in [0, 0.1) is 0 Å². The fourth-order valence-corrected chi connectivity index (χ4v) is 14.6. The molecular weight excluding hydrogens is 1230 g/mol. The molecule has 0 aromatic heterocycles. The summed E-state index contributed by atoms with van der Waals surface area (Å²) in [5.41, 5.74) is 20.6. The summed E-state index contributed by atoms with van der Waals surface area (Å²) in [4.78, 5) is 0. The smallest absolute Gasteiger partial charge is 0.126 e. The monoisotopic (exact) mass is 1350 g/mol. The van der Waals surface area contributed by atoms with Crippen LogP contribution in [0.3, 0.4) is 0 Å². The van der Waals surface area contributed by atoms with E-state index in [-0.39, 0.29) is 92.7 Å². The molecule has 532 valence electrons. The normalized spacial score (nSPS) is 15.2. The van der Waals surface area contributed by atoms with Crippen LogP contribution in [0.5, 0.6) is 46.0 Å². The molecular formula is C92H116O8. The van der Waals surface area contributed by atoms with E-state index in [4.69, 9.17) is 18.9 Å². The van der Waals surface area contributed by atoms with Crippen molar-refractivity contribution in [1.29, 1.82) is 0 Å². The Morgan fingerprint density at radius 2 is 0.280 bits per heavy atom. The highest BCUT2D eigenvalue weighted by molar-refractivity contribution is 5.63. The second-order valence-corrected chi connectivity index (χ2v) is 37.9. The number of rotatable bonds is 0. The Labute approximate surface area is 600 Å². The van der Waals surface area contributed by atoms with Gasteiger partial charge < -0.3 is 39.4 Å². The summed E-state index contributed by atoms with van der Waals surface area (Å²) in [6.45, 7) is 54.5. The third kappa shape index (κ3) is 15.6. The van der Waals surface area contributed by atoms with Crippen LogP contribution < -0.4 is 18.9 Å². The standard InChI is InChI=1S/C92H116O8/c1-85(2,3)69-37-53-29-54-38-70(86(4,5)6)42-58(78(54)94)32-62-46-74(90(16,17)18)50-66-35-65-49-73(89(13,14)15)45-61(31-57(41-69)77(53)93)81(65)97-25-26-98-83-63-33-59-43-71(87(7,8)9)39-55(79(59)95)30-56-40-72(88(10,11)12)44-60(80(56)96)34-64-48-76(92(22,23)24)52-68(84(64)100-28-27-99-82(62)66)36-67(83)51-75(47-63)91(19,20)21/h37-52,93-96H,25-36H2,1-24H3. The molecule has 100 heavy (non-hydrogen) atoms. The predicted octanol–water partition coefficient (Wildman–Crippen LogP) is 21.5. The van der Waals surface area contributed by atoms with Crippen LogP contribution in [-0.4, -0.2) is 46.9 Å². The van der Waals surface area contributed by atoms with Crippen LogP contribution in [0.25, 0.3) is 0 Å². The fraction of sp³-hybridized carbons (Fsp3) is 0.478. The first-order valence-corrected chi connectivity index (χ1v) is 36.8. The molecule has 4 N–H and O–H groups in total. The topological polar surface area (TPSA) is 118 Å². The van der Waals surface area contributed by atoms with Crippen LogP contribution >= 0.6 is 0 Å². The number of phenolic OH excluding ortho intramolecular Hbond substituents is 4. The predicted molar refractivity (Wildman–Crippen MR) is 412 cm³/mol. The van der Waals surface area contributed by atoms with Crippen molar-refractivity contribution < 1.29 is 39.4 Å². The Bertz CT molecular complexity index is 3910. The van der Waals surface area contributed by atoms with Crippen LogP contribution in [0.15, 0.2) is 97.1 Å². The van der Waals surface area contributed by atoms with Gasteiger partial charge in [-0.15, -0.1) is 0 Å². The molecule has 0 spiro atoms. The number of aromatic hydroxyl groups is 4. The second-order valence-electron chi connectivity index (χ2n) is 37.9. The quantitative estimate of drug-likeness (QED) is 0.119. The maximum Gasteiger partial charge on any atom is 0.126 e. The van der Waals surface area contributed by atoms with E-state index < -0.39 is 0 Å². The zero-order valence-corrected chi connectivity index (χ0v) is 65.1. The van der Waals surface area contributed by atoms with E-state index in [1.165, 1.54) is 0 Å². The Kier molecular flexibility index (Phi) is 19.2. The summed E-state index contributed by atoms with van der Waals surface area (Å²) >= 11 is 0. The first-order valence-electron chi connectivity index (χ1n) is 36.8. The lowest BCUT2D eigenvalue weighted by Gasteiger charge is -2.29. The van der Waals surface area contributed by atoms with Crippen molar-refractivity contribution in [3.05, 3.63) is 231 Å². The first-order chi connectivity index (χ1) is 46.2. The summed E-state index contributed by atoms with van der Waals surface area (Å²) in [6.07, 6.45) is 2.94. The van der Waals surface area contributed by atoms with Crippen LogP contribution in [-0.2, 0) is 94.7 Å². The average Bonchev–Trinajstić information content (AvgIpc) is 0.772. The lowest BCUT2D eigenvalue weighted by atomic mass is 9.79. The Morgan fingerprint density at radius 1 is 0.180 bits per heavy atom. The van der Waals surface area contributed by atoms with Gasteiger partial charge in [0, 0.05) is 51.4 Å². The molecule has 0 saturated carbocycles. The SMILES string of the molecule is CC(C)(C)c1cc2c(O)c(c1)Cc1cc(C(C)(C)C)cc3c1OCCOc1c4cc(C(C)(C)C)cc1Cc1cc(C(C)(C)C)cc(c1OCCOc1c(cc(C(C)(C)C)cc1C3)Cc1cc(C(C)(C)C)cc(c1O)C2)Cc1cc(C(C)(C)C)cc(c1O)Cc1cc(C(C)(C)C)cc(c1O)C4. The molecule has 11 rings (SSSR count). The molecule has 0 amide bonds. The molecule has 8 nitrogen and oxygen atoms in total. The van der Waals surface area contributed by atoms with Crippen molar-refractivity contribution >= 4 is 0 Å². The molecule has 3 aliphatic rings. The third-order valence-electron chi connectivity index (χ3n) is 21.2. The molecule has 2 aliphatic carbocycles. The van der Waals surface area contributed by atoms with E-state index in [2.05, 4.69) is 263 Å². The molecule has 1 aliphatic heterocycles. The van der Waals surface area contributed by atoms with Gasteiger partial charge in [0.05, 0.1) is 0 Å². The van der Waals surface area contributed by atoms with E-state index in [0.717, 1.165) is 157 Å². The lowest BCUT2D eigenvalue weighted by Crippen LogP contribution is -2.20. The maximum absolute atomic E-state index is 12.9. The van der Waals surface area contributed by atoms with Crippen LogP contribution in [0.1, 0.15) is 300 Å². The van der Waals surface area contributed by atoms with E-state index in [1.807, 2.05) is 0 Å². The number of fused-ring (bicyclic) bond motifs is 8. The lowest BCUT2D eigenvalue weighted by molar-refractivity contribution is 0.209. The molecule has 8 aromatic rings. The molecule has 0 fully saturated rings. The molecule has 0 saturated heterocycles. The van der Waals surface area contributed by atoms with E-state index in [1.54, 1.807) is 0 Å². The van der Waals surface area contributed by atoms with Gasteiger partial charge in [-0.3, -0.25) is 0 Å². The summed E-state index contributed by atoms with van der Waals surface area (Å²) < 4.78 is 30.0. The van der Waals surface area contributed by atoms with Crippen molar-refractivity contribution in [2.24, 2.45) is 0 Å². The molecule has 0 radical (unpaired) electrons. The molecule has 8 heteroatoms. The van der Waals surface area contributed by atoms with Crippen LogP contribution in [0.2, 0.25) is 0 Å². The minimum absolute atomic E-state index is 0.180. The highest BCUT2D eigenvalue weighted by atomic mass is 16.5. The molecule has 0 unspecified atom stereocenters. The fourth-order valence-electron chi connectivity index (χ4n) is 14.6. The third-order valence-corrected chi connectivity index (χ3v) is 21.2. The number of benzene rings is 8. The summed E-state index contributed by atoms with van der Waals surface area (Å²) in [7, 11) is 0. The highest BCUT2D eigenvalue weighted by Gasteiger charge is 2.33. The Hall–Kier alpha value is -7.84. The minimum atomic E-state index is -0.286. The second kappa shape index (κ2) is 26.2. The van der Waals surface area contributed by atoms with Crippen molar-refractivity contribution in [3.63, 3.8) is 0 Å². The zero-order chi connectivity index (χ0) is 73.1. The number of phenols is 4. The molecule has 20 bridgehead atoms. The van der Waals surface area contributed by atoms with Crippen molar-refractivity contribution in [2.75, 3.05) is 26.4 Å². The average molecular weight is 1350 g/mol. The van der Waals surface area contributed by atoms with Gasteiger partial charge in [0.25, 0.3) is 0 Å². The number of hydrogen-bond donors (Lipinski definition) is 4. The van der Waals surface area contributed by atoms with Crippen LogP contribution in [0.4, 0.5) is 0 Å². The van der Waals surface area contributed by atoms with Gasteiger partial charge in [-0.1, -0.05) is 263 Å². The summed E-state index contributed by atoms with van der Waals surface area (Å²) in [5, 5.41) is 51.8. The van der Waals surface area contributed by atoms with Crippen molar-refractivity contribution in [2.45, 2.75) is 261 Å². The van der Waals surface area contributed by atoms with Crippen molar-refractivity contribution in [3.8, 4) is 46.0 Å². The number of hydrogen-bond acceptors (Lipinski definition) is 8. The Morgan fingerprint density at radius 3 is 0.400 bits per heavy atom.